The Bertz CT molecular complexity index is 460. The Hall–Kier alpha value is -1.11. The summed E-state index contributed by atoms with van der Waals surface area (Å²) >= 11 is 2.21. The lowest BCUT2D eigenvalue weighted by Crippen LogP contribution is -2.17. The van der Waals surface area contributed by atoms with Crippen LogP contribution in [0.15, 0.2) is 18.2 Å². The van der Waals surface area contributed by atoms with E-state index < -0.39 is 5.97 Å². The highest BCUT2D eigenvalue weighted by Gasteiger charge is 2.12. The lowest BCUT2D eigenvalue weighted by molar-refractivity contribution is -0.138. The number of benzene rings is 1. The lowest BCUT2D eigenvalue weighted by Gasteiger charge is -2.10. The van der Waals surface area contributed by atoms with Crippen LogP contribution in [0.25, 0.3) is 0 Å². The number of carboxylic acid groups (broad SMARTS) is 1. The maximum Gasteiger partial charge on any atom is 0.303 e. The topological polar surface area (TPSA) is 66.4 Å². The van der Waals surface area contributed by atoms with Crippen molar-refractivity contribution in [3.05, 3.63) is 27.3 Å². The van der Waals surface area contributed by atoms with E-state index in [1.807, 2.05) is 25.1 Å². The highest BCUT2D eigenvalue weighted by molar-refractivity contribution is 14.1. The first-order chi connectivity index (χ1) is 8.38. The molecule has 1 rings (SSSR count). The molecule has 0 radical (unpaired) electrons. The molecule has 98 valence electrons. The van der Waals surface area contributed by atoms with Gasteiger partial charge in [-0.3, -0.25) is 9.59 Å². The molecule has 0 bridgehead atoms. The summed E-state index contributed by atoms with van der Waals surface area (Å²) < 4.78 is 1.09. The second-order valence-corrected chi connectivity index (χ2v) is 5.58. The van der Waals surface area contributed by atoms with Crippen LogP contribution in [-0.2, 0) is 9.59 Å². The zero-order chi connectivity index (χ0) is 13.7. The van der Waals surface area contributed by atoms with Gasteiger partial charge in [-0.05, 0) is 53.1 Å². The SMILES string of the molecule is Cc1ccc(NC(=O)CC(C)CC(=O)O)cc1I. The summed E-state index contributed by atoms with van der Waals surface area (Å²) in [6, 6.07) is 5.69. The van der Waals surface area contributed by atoms with E-state index in [0.717, 1.165) is 14.8 Å². The predicted octanol–water partition coefficient (Wildman–Crippen LogP) is 3.04. The van der Waals surface area contributed by atoms with Gasteiger partial charge in [-0.1, -0.05) is 13.0 Å². The number of aliphatic carboxylic acids is 1. The molecule has 0 heterocycles. The van der Waals surface area contributed by atoms with Crippen molar-refractivity contribution in [2.24, 2.45) is 5.92 Å². The van der Waals surface area contributed by atoms with Crippen LogP contribution in [-0.4, -0.2) is 17.0 Å². The molecular weight excluding hydrogens is 345 g/mol. The molecule has 0 saturated carbocycles. The van der Waals surface area contributed by atoms with Crippen molar-refractivity contribution in [3.8, 4) is 0 Å². The lowest BCUT2D eigenvalue weighted by atomic mass is 10.0. The Morgan fingerprint density at radius 1 is 1.39 bits per heavy atom. The first-order valence-electron chi connectivity index (χ1n) is 5.66. The van der Waals surface area contributed by atoms with Gasteiger partial charge in [-0.25, -0.2) is 0 Å². The number of anilines is 1. The van der Waals surface area contributed by atoms with Crippen molar-refractivity contribution in [2.75, 3.05) is 5.32 Å². The van der Waals surface area contributed by atoms with E-state index in [4.69, 9.17) is 5.11 Å². The van der Waals surface area contributed by atoms with Gasteiger partial charge in [0.2, 0.25) is 5.91 Å². The number of aryl methyl sites for hydroxylation is 1. The van der Waals surface area contributed by atoms with Crippen molar-refractivity contribution < 1.29 is 14.7 Å². The summed E-state index contributed by atoms with van der Waals surface area (Å²) in [7, 11) is 0. The summed E-state index contributed by atoms with van der Waals surface area (Å²) in [5.74, 6) is -1.18. The molecule has 0 aliphatic heterocycles. The fourth-order valence-electron chi connectivity index (χ4n) is 1.57. The Morgan fingerprint density at radius 2 is 2.06 bits per heavy atom. The van der Waals surface area contributed by atoms with Crippen LogP contribution in [0.1, 0.15) is 25.3 Å². The van der Waals surface area contributed by atoms with E-state index in [2.05, 4.69) is 27.9 Å². The predicted molar refractivity (Wildman–Crippen MR) is 78.6 cm³/mol. The third-order valence-corrected chi connectivity index (χ3v) is 3.67. The standard InChI is InChI=1S/C13H16INO3/c1-8(6-13(17)18)5-12(16)15-10-4-3-9(2)11(14)7-10/h3-4,7-8H,5-6H2,1-2H3,(H,15,16)(H,17,18). The van der Waals surface area contributed by atoms with E-state index in [9.17, 15) is 9.59 Å². The number of rotatable bonds is 5. The highest BCUT2D eigenvalue weighted by Crippen LogP contribution is 2.18. The fraction of sp³-hybridized carbons (Fsp3) is 0.385. The molecule has 0 aromatic heterocycles. The molecule has 1 unspecified atom stereocenters. The Balaban J connectivity index is 2.54. The summed E-state index contributed by atoms with van der Waals surface area (Å²) in [6.45, 7) is 3.76. The average molecular weight is 361 g/mol. The molecule has 0 aliphatic carbocycles. The molecule has 1 aromatic rings. The molecular formula is C13H16INO3. The van der Waals surface area contributed by atoms with E-state index >= 15 is 0 Å². The number of carbonyl (C=O) groups excluding carboxylic acids is 1. The molecule has 5 heteroatoms. The first-order valence-corrected chi connectivity index (χ1v) is 6.74. The summed E-state index contributed by atoms with van der Waals surface area (Å²) in [4.78, 5) is 22.2. The van der Waals surface area contributed by atoms with Crippen LogP contribution in [0.3, 0.4) is 0 Å². The minimum absolute atomic E-state index is 0.0128. The number of amides is 1. The fourth-order valence-corrected chi connectivity index (χ4v) is 2.08. The van der Waals surface area contributed by atoms with Crippen LogP contribution in [0.5, 0.6) is 0 Å². The molecule has 0 saturated heterocycles. The van der Waals surface area contributed by atoms with Gasteiger partial charge in [-0.15, -0.1) is 0 Å². The molecule has 4 nitrogen and oxygen atoms in total. The molecule has 2 N–H and O–H groups in total. The summed E-state index contributed by atoms with van der Waals surface area (Å²) in [6.07, 6.45) is 0.232. The van der Waals surface area contributed by atoms with Crippen molar-refractivity contribution in [3.63, 3.8) is 0 Å². The summed E-state index contributed by atoms with van der Waals surface area (Å²) in [5.41, 5.74) is 1.91. The van der Waals surface area contributed by atoms with E-state index in [-0.39, 0.29) is 24.7 Å². The van der Waals surface area contributed by atoms with Crippen molar-refractivity contribution in [1.29, 1.82) is 0 Å². The quantitative estimate of drug-likeness (QED) is 0.793. The molecule has 1 atom stereocenters. The zero-order valence-corrected chi connectivity index (χ0v) is 12.5. The smallest absolute Gasteiger partial charge is 0.303 e. The average Bonchev–Trinajstić information content (AvgIpc) is 2.21. The maximum atomic E-state index is 11.7. The first kappa shape index (κ1) is 14.9. The number of halogens is 1. The van der Waals surface area contributed by atoms with Gasteiger partial charge in [0.1, 0.15) is 0 Å². The Labute approximate surface area is 120 Å². The van der Waals surface area contributed by atoms with Gasteiger partial charge in [0.05, 0.1) is 0 Å². The van der Waals surface area contributed by atoms with Gasteiger partial charge in [0.25, 0.3) is 0 Å². The van der Waals surface area contributed by atoms with E-state index in [1.54, 1.807) is 6.92 Å². The molecule has 0 fully saturated rings. The van der Waals surface area contributed by atoms with Crippen LogP contribution in [0.4, 0.5) is 5.69 Å². The minimum Gasteiger partial charge on any atom is -0.481 e. The maximum absolute atomic E-state index is 11.7. The van der Waals surface area contributed by atoms with Crippen molar-refractivity contribution in [2.45, 2.75) is 26.7 Å². The zero-order valence-electron chi connectivity index (χ0n) is 10.4. The third-order valence-electron chi connectivity index (χ3n) is 2.51. The van der Waals surface area contributed by atoms with E-state index in [0.29, 0.717) is 0 Å². The number of hydrogen-bond donors (Lipinski definition) is 2. The van der Waals surface area contributed by atoms with Crippen LogP contribution in [0, 0.1) is 16.4 Å². The van der Waals surface area contributed by atoms with Gasteiger partial charge in [0, 0.05) is 22.1 Å². The second kappa shape index (κ2) is 6.72. The number of carbonyl (C=O) groups is 2. The van der Waals surface area contributed by atoms with Gasteiger partial charge < -0.3 is 10.4 Å². The molecule has 1 amide bonds. The molecule has 1 aromatic carbocycles. The van der Waals surface area contributed by atoms with Gasteiger partial charge >= 0.3 is 5.97 Å². The highest BCUT2D eigenvalue weighted by atomic mass is 127. The monoisotopic (exact) mass is 361 g/mol. The molecule has 0 aliphatic rings. The van der Waals surface area contributed by atoms with Crippen LogP contribution < -0.4 is 5.32 Å². The normalized spacial score (nSPS) is 11.9. The minimum atomic E-state index is -0.875. The van der Waals surface area contributed by atoms with Crippen LogP contribution in [0.2, 0.25) is 0 Å². The van der Waals surface area contributed by atoms with Gasteiger partial charge in [0.15, 0.2) is 0 Å². The largest absolute Gasteiger partial charge is 0.481 e. The van der Waals surface area contributed by atoms with Crippen molar-refractivity contribution in [1.82, 2.24) is 0 Å². The Morgan fingerprint density at radius 3 is 2.61 bits per heavy atom. The Kier molecular flexibility index (Phi) is 5.58. The van der Waals surface area contributed by atoms with Crippen molar-refractivity contribution >= 4 is 40.2 Å². The molecule has 18 heavy (non-hydrogen) atoms. The summed E-state index contributed by atoms with van der Waals surface area (Å²) in [5, 5.41) is 11.4. The number of hydrogen-bond acceptors (Lipinski definition) is 2. The molecule has 0 spiro atoms. The third kappa shape index (κ3) is 5.03. The van der Waals surface area contributed by atoms with E-state index in [1.165, 1.54) is 0 Å². The van der Waals surface area contributed by atoms with Gasteiger partial charge in [-0.2, -0.15) is 0 Å². The second-order valence-electron chi connectivity index (χ2n) is 4.42. The number of nitrogens with one attached hydrogen (secondary N) is 1. The van der Waals surface area contributed by atoms with Crippen LogP contribution >= 0.6 is 22.6 Å². The number of carboxylic acids is 1.